The molecule has 0 heterocycles. The quantitative estimate of drug-likeness (QED) is 0.453. The van der Waals surface area contributed by atoms with Crippen LogP contribution < -0.4 is 0 Å². The molecule has 29 heavy (non-hydrogen) atoms. The zero-order valence-electron chi connectivity index (χ0n) is 17.5. The first-order chi connectivity index (χ1) is 14.0. The zero-order chi connectivity index (χ0) is 21.0. The van der Waals surface area contributed by atoms with Crippen molar-refractivity contribution in [3.8, 4) is 11.1 Å². The molecular formula is C25H34O4. The van der Waals surface area contributed by atoms with Crippen LogP contribution in [-0.4, -0.2) is 33.0 Å². The number of fused-ring (bicyclic) bond motifs is 3. The predicted molar refractivity (Wildman–Crippen MR) is 115 cm³/mol. The van der Waals surface area contributed by atoms with Gasteiger partial charge in [-0.15, -0.1) is 0 Å². The highest BCUT2D eigenvalue weighted by Gasteiger charge is 2.56. The van der Waals surface area contributed by atoms with Crippen LogP contribution in [0.3, 0.4) is 0 Å². The van der Waals surface area contributed by atoms with Gasteiger partial charge in [-0.1, -0.05) is 88.1 Å². The van der Waals surface area contributed by atoms with Crippen LogP contribution in [0.4, 0.5) is 0 Å². The van der Waals surface area contributed by atoms with Crippen LogP contribution in [0.15, 0.2) is 48.5 Å². The van der Waals surface area contributed by atoms with Gasteiger partial charge in [-0.25, -0.2) is 0 Å². The number of benzene rings is 2. The third kappa shape index (κ3) is 3.75. The van der Waals surface area contributed by atoms with Crippen LogP contribution in [-0.2, 0) is 5.41 Å². The van der Waals surface area contributed by atoms with Gasteiger partial charge >= 0.3 is 0 Å². The van der Waals surface area contributed by atoms with Gasteiger partial charge in [0.2, 0.25) is 0 Å². The van der Waals surface area contributed by atoms with Crippen molar-refractivity contribution in [3.05, 3.63) is 59.7 Å². The smallest absolute Gasteiger partial charge is 0.155 e. The predicted octanol–water partition coefficient (Wildman–Crippen LogP) is 4.19. The fourth-order valence-electron chi connectivity index (χ4n) is 5.45. The van der Waals surface area contributed by atoms with Crippen molar-refractivity contribution in [2.75, 3.05) is 0 Å². The molecule has 4 nitrogen and oxygen atoms in total. The first kappa shape index (κ1) is 22.0. The van der Waals surface area contributed by atoms with Gasteiger partial charge in [0.15, 0.2) is 12.6 Å². The summed E-state index contributed by atoms with van der Waals surface area (Å²) in [4.78, 5) is 0. The molecule has 0 saturated heterocycles. The maximum absolute atomic E-state index is 10.6. The average molecular weight is 399 g/mol. The van der Waals surface area contributed by atoms with Gasteiger partial charge in [-0.05, 0) is 35.1 Å². The number of aliphatic hydroxyl groups is 4. The second-order valence-corrected chi connectivity index (χ2v) is 8.28. The highest BCUT2D eigenvalue weighted by Crippen LogP contribution is 2.59. The van der Waals surface area contributed by atoms with E-state index in [2.05, 4.69) is 26.0 Å². The molecule has 3 rings (SSSR count). The Morgan fingerprint density at radius 3 is 1.38 bits per heavy atom. The summed E-state index contributed by atoms with van der Waals surface area (Å²) in [7, 11) is 0. The lowest BCUT2D eigenvalue weighted by Gasteiger charge is -2.47. The fraction of sp³-hybridized carbons (Fsp3) is 0.520. The molecule has 4 heteroatoms. The van der Waals surface area contributed by atoms with Gasteiger partial charge < -0.3 is 20.4 Å². The first-order valence-corrected chi connectivity index (χ1v) is 10.9. The van der Waals surface area contributed by atoms with Crippen LogP contribution in [0.5, 0.6) is 0 Å². The molecule has 0 radical (unpaired) electrons. The molecule has 0 fully saturated rings. The lowest BCUT2D eigenvalue weighted by atomic mass is 9.58. The molecule has 2 aromatic rings. The monoisotopic (exact) mass is 398 g/mol. The van der Waals surface area contributed by atoms with Gasteiger partial charge in [-0.2, -0.15) is 0 Å². The summed E-state index contributed by atoms with van der Waals surface area (Å²) in [5, 5.41) is 42.3. The molecule has 0 spiro atoms. The largest absolute Gasteiger partial charge is 0.368 e. The van der Waals surface area contributed by atoms with E-state index < -0.39 is 29.8 Å². The summed E-state index contributed by atoms with van der Waals surface area (Å²) in [6, 6.07) is 16.0. The van der Waals surface area contributed by atoms with E-state index >= 15 is 0 Å². The van der Waals surface area contributed by atoms with Crippen LogP contribution >= 0.6 is 0 Å². The highest BCUT2D eigenvalue weighted by molar-refractivity contribution is 5.81. The van der Waals surface area contributed by atoms with Crippen LogP contribution in [0.2, 0.25) is 0 Å². The van der Waals surface area contributed by atoms with Crippen molar-refractivity contribution in [1.82, 2.24) is 0 Å². The minimum Gasteiger partial charge on any atom is -0.368 e. The van der Waals surface area contributed by atoms with Gasteiger partial charge in [0, 0.05) is 17.3 Å². The molecule has 1 aliphatic carbocycles. The van der Waals surface area contributed by atoms with Crippen LogP contribution in [0, 0.1) is 11.8 Å². The second kappa shape index (κ2) is 9.40. The highest BCUT2D eigenvalue weighted by atomic mass is 16.5. The molecule has 1 aliphatic rings. The van der Waals surface area contributed by atoms with E-state index in [1.54, 1.807) is 0 Å². The number of unbranched alkanes of at least 4 members (excludes halogenated alkanes) is 2. The first-order valence-electron chi connectivity index (χ1n) is 10.9. The lowest BCUT2D eigenvalue weighted by molar-refractivity contribution is -0.152. The van der Waals surface area contributed by atoms with E-state index in [1.165, 1.54) is 0 Å². The Bertz CT molecular complexity index is 731. The standard InChI is InChI=1S/C25H34O4/c1-3-5-13-21(23(26)27)25(22(24(28)29)14-6-4-2)19-15-9-7-11-17(19)18-12-8-10-16-20(18)25/h7-12,15-16,21-24,26-29H,3-6,13-14H2,1-2H3. The Balaban J connectivity index is 2.33. The second-order valence-electron chi connectivity index (χ2n) is 8.28. The summed E-state index contributed by atoms with van der Waals surface area (Å²) < 4.78 is 0. The van der Waals surface area contributed by atoms with Crippen LogP contribution in [0.25, 0.3) is 11.1 Å². The number of rotatable bonds is 10. The molecule has 4 N–H and O–H groups in total. The van der Waals surface area contributed by atoms with E-state index in [0.29, 0.717) is 12.8 Å². The minimum atomic E-state index is -1.55. The molecule has 0 bridgehead atoms. The summed E-state index contributed by atoms with van der Waals surface area (Å²) in [6.07, 6.45) is 1.66. The van der Waals surface area contributed by atoms with E-state index in [4.69, 9.17) is 0 Å². The van der Waals surface area contributed by atoms with E-state index in [9.17, 15) is 20.4 Å². The molecule has 2 aromatic carbocycles. The van der Waals surface area contributed by atoms with Gasteiger partial charge in [-0.3, -0.25) is 0 Å². The van der Waals surface area contributed by atoms with Crippen molar-refractivity contribution >= 4 is 0 Å². The minimum absolute atomic E-state index is 0.532. The molecule has 2 atom stereocenters. The summed E-state index contributed by atoms with van der Waals surface area (Å²) in [5.41, 5.74) is 3.19. The SMILES string of the molecule is CCCCC(C(O)O)C1(C(CCCC)C(O)O)c2ccccc2-c2ccccc21. The van der Waals surface area contributed by atoms with Gasteiger partial charge in [0.05, 0.1) is 0 Å². The molecule has 0 saturated carbocycles. The number of hydrogen-bond acceptors (Lipinski definition) is 4. The Morgan fingerprint density at radius 2 is 1.03 bits per heavy atom. The zero-order valence-corrected chi connectivity index (χ0v) is 17.5. The molecule has 0 aliphatic heterocycles. The summed E-state index contributed by atoms with van der Waals surface area (Å²) in [6.45, 7) is 4.17. The maximum Gasteiger partial charge on any atom is 0.155 e. The molecule has 2 unspecified atom stereocenters. The fourth-order valence-corrected chi connectivity index (χ4v) is 5.45. The van der Waals surface area contributed by atoms with Crippen molar-refractivity contribution in [1.29, 1.82) is 0 Å². The third-order valence-electron chi connectivity index (χ3n) is 6.66. The van der Waals surface area contributed by atoms with E-state index in [1.807, 2.05) is 36.4 Å². The van der Waals surface area contributed by atoms with E-state index in [-0.39, 0.29) is 0 Å². The van der Waals surface area contributed by atoms with Crippen molar-refractivity contribution in [2.45, 2.75) is 70.4 Å². The Kier molecular flexibility index (Phi) is 7.12. The topological polar surface area (TPSA) is 80.9 Å². The van der Waals surface area contributed by atoms with Crippen molar-refractivity contribution in [3.63, 3.8) is 0 Å². The molecular weight excluding hydrogens is 364 g/mol. The van der Waals surface area contributed by atoms with Gasteiger partial charge in [0.1, 0.15) is 0 Å². The maximum atomic E-state index is 10.6. The van der Waals surface area contributed by atoms with Gasteiger partial charge in [0.25, 0.3) is 0 Å². The normalized spacial score (nSPS) is 16.7. The average Bonchev–Trinajstić information content (AvgIpc) is 3.00. The Morgan fingerprint density at radius 1 is 0.655 bits per heavy atom. The van der Waals surface area contributed by atoms with Crippen LogP contribution in [0.1, 0.15) is 63.5 Å². The molecule has 0 aromatic heterocycles. The van der Waals surface area contributed by atoms with E-state index in [0.717, 1.165) is 47.9 Å². The third-order valence-corrected chi connectivity index (χ3v) is 6.66. The number of hydrogen-bond donors (Lipinski definition) is 4. The summed E-state index contributed by atoms with van der Waals surface area (Å²) >= 11 is 0. The van der Waals surface area contributed by atoms with Crippen molar-refractivity contribution in [2.24, 2.45) is 11.8 Å². The van der Waals surface area contributed by atoms with Crippen molar-refractivity contribution < 1.29 is 20.4 Å². The summed E-state index contributed by atoms with van der Waals surface area (Å²) in [5.74, 6) is -1.06. The molecule has 0 amide bonds. The Labute approximate surface area is 173 Å². The lowest BCUT2D eigenvalue weighted by Crippen LogP contribution is -2.51. The molecule has 158 valence electrons. The number of aliphatic hydroxyl groups excluding tert-OH is 2. The Hall–Kier alpha value is -1.72.